The molecule has 4 rings (SSSR count). The molecule has 0 bridgehead atoms. The Kier molecular flexibility index (Phi) is 7.16. The fraction of sp³-hybridized carbons (Fsp3) is 0.143. The Hall–Kier alpha value is -2.58. The molecule has 4 aromatic carbocycles. The minimum absolute atomic E-state index is 1.06. The molecule has 0 aromatic heterocycles. The molecule has 0 unspecified atom stereocenters. The molecule has 180 valence electrons. The Bertz CT molecular complexity index is 1130. The summed E-state index contributed by atoms with van der Waals surface area (Å²) in [6, 6.07) is 40.4. The minimum atomic E-state index is -4.89. The Morgan fingerprint density at radius 3 is 1.00 bits per heavy atom. The van der Waals surface area contributed by atoms with E-state index in [1.807, 2.05) is 79.7 Å². The van der Waals surface area contributed by atoms with Crippen molar-refractivity contribution in [2.24, 2.45) is 0 Å². The van der Waals surface area contributed by atoms with E-state index in [2.05, 4.69) is 61.6 Å². The van der Waals surface area contributed by atoms with Gasteiger partial charge in [-0.1, -0.05) is 155 Å². The molecule has 0 saturated carbocycles. The highest BCUT2D eigenvalue weighted by Gasteiger charge is 2.64. The van der Waals surface area contributed by atoms with Crippen molar-refractivity contribution in [3.05, 3.63) is 121 Å². The third-order valence-electron chi connectivity index (χ3n) is 7.61. The molecule has 0 radical (unpaired) electrons. The maximum Gasteiger partial charge on any atom is 0.469 e. The van der Waals surface area contributed by atoms with Crippen molar-refractivity contribution in [3.8, 4) is 0 Å². The largest absolute Gasteiger partial charge is 0.469 e. The standard InChI is InChI=1S/C28H31O4PSi2/c1-28(32-33(29,30)31,34(2,24-16-8-4-9-17-24)25-18-10-5-11-19-25)35(3,26-20-12-6-13-21-26)27-22-14-7-15-23-27/h4-23H,1-3H3,(H2,29,30,31). The van der Waals surface area contributed by atoms with E-state index in [0.29, 0.717) is 0 Å². The highest BCUT2D eigenvalue weighted by Crippen LogP contribution is 2.48. The van der Waals surface area contributed by atoms with E-state index >= 15 is 0 Å². The average molecular weight is 519 g/mol. The van der Waals surface area contributed by atoms with E-state index in [1.165, 1.54) is 0 Å². The molecule has 4 nitrogen and oxygen atoms in total. The summed E-state index contributed by atoms with van der Waals surface area (Å²) in [4.78, 5) is 19.6. The molecule has 0 saturated heterocycles. The lowest BCUT2D eigenvalue weighted by Gasteiger charge is -2.54. The zero-order valence-corrected chi connectivity index (χ0v) is 23.1. The van der Waals surface area contributed by atoms with E-state index < -0.39 is 28.8 Å². The van der Waals surface area contributed by atoms with Crippen LogP contribution in [0.3, 0.4) is 0 Å². The van der Waals surface area contributed by atoms with Crippen LogP contribution in [0.4, 0.5) is 0 Å². The van der Waals surface area contributed by atoms with Gasteiger partial charge in [-0.05, 0) is 6.92 Å². The Morgan fingerprint density at radius 1 is 0.571 bits per heavy atom. The van der Waals surface area contributed by atoms with Gasteiger partial charge in [0.05, 0.1) is 4.85 Å². The molecule has 35 heavy (non-hydrogen) atoms. The first kappa shape index (κ1) is 25.5. The predicted molar refractivity (Wildman–Crippen MR) is 149 cm³/mol. The summed E-state index contributed by atoms with van der Waals surface area (Å²) in [7, 11) is -10.9. The SMILES string of the molecule is CC(OP(=O)(O)O)([Si](C)(c1ccccc1)c1ccccc1)[Si](C)(c1ccccc1)c1ccccc1. The fourth-order valence-electron chi connectivity index (χ4n) is 5.44. The van der Waals surface area contributed by atoms with Gasteiger partial charge in [-0.15, -0.1) is 0 Å². The van der Waals surface area contributed by atoms with Gasteiger partial charge in [0.15, 0.2) is 0 Å². The van der Waals surface area contributed by atoms with Crippen molar-refractivity contribution in [2.75, 3.05) is 0 Å². The highest BCUT2D eigenvalue weighted by atomic mass is 31.2. The molecule has 0 aliphatic carbocycles. The summed E-state index contributed by atoms with van der Waals surface area (Å²) < 4.78 is 18.9. The van der Waals surface area contributed by atoms with Gasteiger partial charge in [-0.25, -0.2) is 4.57 Å². The average Bonchev–Trinajstić information content (AvgIpc) is 2.88. The Morgan fingerprint density at radius 2 is 0.800 bits per heavy atom. The summed E-state index contributed by atoms with van der Waals surface area (Å²) in [6.07, 6.45) is 0. The van der Waals surface area contributed by atoms with Crippen LogP contribution in [0.15, 0.2) is 121 Å². The van der Waals surface area contributed by atoms with Crippen molar-refractivity contribution in [2.45, 2.75) is 24.9 Å². The molecule has 0 heterocycles. The number of hydrogen-bond donors (Lipinski definition) is 2. The first-order valence-corrected chi connectivity index (χ1v) is 18.1. The van der Waals surface area contributed by atoms with Crippen LogP contribution in [0.25, 0.3) is 0 Å². The van der Waals surface area contributed by atoms with E-state index in [0.717, 1.165) is 20.7 Å². The van der Waals surface area contributed by atoms with Crippen LogP contribution in [-0.4, -0.2) is 30.8 Å². The summed E-state index contributed by atoms with van der Waals surface area (Å²) in [5.41, 5.74) is 0. The van der Waals surface area contributed by atoms with E-state index in [1.54, 1.807) is 0 Å². The van der Waals surface area contributed by atoms with Crippen LogP contribution in [0.5, 0.6) is 0 Å². The Labute approximate surface area is 209 Å². The normalized spacial score (nSPS) is 12.9. The molecular formula is C28H31O4PSi2. The van der Waals surface area contributed by atoms with Crippen LogP contribution in [0.1, 0.15) is 6.92 Å². The van der Waals surface area contributed by atoms with Gasteiger partial charge in [-0.2, -0.15) is 0 Å². The number of phosphoric acid groups is 1. The topological polar surface area (TPSA) is 66.8 Å². The molecule has 7 heteroatoms. The lowest BCUT2D eigenvalue weighted by Crippen LogP contribution is -2.85. The molecule has 0 amide bonds. The quantitative estimate of drug-likeness (QED) is 0.276. The Balaban J connectivity index is 2.17. The van der Waals surface area contributed by atoms with Crippen molar-refractivity contribution >= 4 is 44.7 Å². The van der Waals surface area contributed by atoms with E-state index in [-0.39, 0.29) is 0 Å². The zero-order valence-electron chi connectivity index (χ0n) is 20.2. The van der Waals surface area contributed by atoms with Crippen molar-refractivity contribution < 1.29 is 18.9 Å². The number of phosphoric ester groups is 1. The maximum absolute atomic E-state index is 12.8. The van der Waals surface area contributed by atoms with Gasteiger partial charge in [0.25, 0.3) is 0 Å². The van der Waals surface area contributed by atoms with Gasteiger partial charge in [0.1, 0.15) is 16.1 Å². The second kappa shape index (κ2) is 9.82. The predicted octanol–water partition coefficient (Wildman–Crippen LogP) is 3.72. The lowest BCUT2D eigenvalue weighted by molar-refractivity contribution is 0.155. The third-order valence-corrected chi connectivity index (χ3v) is 21.5. The molecule has 4 aromatic rings. The number of hydrogen-bond acceptors (Lipinski definition) is 2. The van der Waals surface area contributed by atoms with Crippen molar-refractivity contribution in [1.82, 2.24) is 0 Å². The van der Waals surface area contributed by atoms with Crippen molar-refractivity contribution in [3.63, 3.8) is 0 Å². The van der Waals surface area contributed by atoms with E-state index in [9.17, 15) is 14.4 Å². The molecule has 0 aliphatic heterocycles. The highest BCUT2D eigenvalue weighted by molar-refractivity contribution is 7.47. The number of benzene rings is 4. The molecule has 0 fully saturated rings. The second-order valence-corrected chi connectivity index (χ2v) is 19.7. The lowest BCUT2D eigenvalue weighted by atomic mass is 10.4. The van der Waals surface area contributed by atoms with Gasteiger partial charge in [0, 0.05) is 0 Å². The van der Waals surface area contributed by atoms with Crippen molar-refractivity contribution in [1.29, 1.82) is 0 Å². The summed E-state index contributed by atoms with van der Waals surface area (Å²) in [5, 5.41) is 4.25. The van der Waals surface area contributed by atoms with Gasteiger partial charge in [0.2, 0.25) is 0 Å². The van der Waals surface area contributed by atoms with Crippen LogP contribution < -0.4 is 20.7 Å². The summed E-state index contributed by atoms with van der Waals surface area (Å²) >= 11 is 0. The summed E-state index contributed by atoms with van der Waals surface area (Å²) in [6.45, 7) is 6.32. The molecule has 2 N–H and O–H groups in total. The van der Waals surface area contributed by atoms with Crippen LogP contribution in [-0.2, 0) is 9.09 Å². The van der Waals surface area contributed by atoms with E-state index in [4.69, 9.17) is 4.52 Å². The van der Waals surface area contributed by atoms with Gasteiger partial charge >= 0.3 is 7.82 Å². The van der Waals surface area contributed by atoms with Gasteiger partial charge in [-0.3, -0.25) is 4.52 Å². The van der Waals surface area contributed by atoms with Crippen LogP contribution in [0, 0.1) is 0 Å². The van der Waals surface area contributed by atoms with Crippen LogP contribution in [0.2, 0.25) is 13.1 Å². The second-order valence-electron chi connectivity index (χ2n) is 9.33. The first-order valence-electron chi connectivity index (χ1n) is 11.6. The molecule has 0 atom stereocenters. The maximum atomic E-state index is 12.8. The first-order chi connectivity index (χ1) is 16.6. The fourth-order valence-corrected chi connectivity index (χ4v) is 20.1. The number of rotatable bonds is 8. The minimum Gasteiger partial charge on any atom is -0.303 e. The monoisotopic (exact) mass is 518 g/mol. The zero-order chi connectivity index (χ0) is 25.2. The summed E-state index contributed by atoms with van der Waals surface area (Å²) in [5.74, 6) is 0. The van der Waals surface area contributed by atoms with Crippen LogP contribution >= 0.6 is 7.82 Å². The molecular weight excluding hydrogens is 487 g/mol. The van der Waals surface area contributed by atoms with Gasteiger partial charge < -0.3 is 9.79 Å². The molecule has 0 spiro atoms. The molecule has 0 aliphatic rings. The third kappa shape index (κ3) is 4.54. The smallest absolute Gasteiger partial charge is 0.303 e.